The monoisotopic (exact) mass is 332 g/mol. The van der Waals surface area contributed by atoms with Crippen molar-refractivity contribution in [3.05, 3.63) is 10.8 Å². The predicted octanol–water partition coefficient (Wildman–Crippen LogP) is 3.25. The van der Waals surface area contributed by atoms with E-state index in [4.69, 9.17) is 0 Å². The van der Waals surface area contributed by atoms with Crippen molar-refractivity contribution in [2.24, 2.45) is 0 Å². The summed E-state index contributed by atoms with van der Waals surface area (Å²) in [4.78, 5) is 10.8. The second-order valence-corrected chi connectivity index (χ2v) is 5.91. The van der Waals surface area contributed by atoms with E-state index in [-0.39, 0.29) is 0 Å². The highest BCUT2D eigenvalue weighted by atomic mass is 79.9. The number of hydrogen-bond donors (Lipinski definition) is 1. The molecule has 0 aliphatic heterocycles. The fourth-order valence-electron chi connectivity index (χ4n) is 1.53. The maximum Gasteiger partial charge on any atom is 0.148 e. The Bertz CT molecular complexity index is 375. The molecule has 0 bridgehead atoms. The summed E-state index contributed by atoms with van der Waals surface area (Å²) in [6.45, 7) is 5.25. The van der Waals surface area contributed by atoms with Gasteiger partial charge in [-0.15, -0.1) is 0 Å². The van der Waals surface area contributed by atoms with E-state index in [2.05, 4.69) is 63.3 Å². The quantitative estimate of drug-likeness (QED) is 0.830. The lowest BCUT2D eigenvalue weighted by Crippen LogP contribution is -2.32. The number of aromatic nitrogens is 2. The Labute approximate surface area is 122 Å². The second-order valence-electron chi connectivity index (χ2n) is 4.20. The van der Waals surface area contributed by atoms with Crippen molar-refractivity contribution in [1.29, 1.82) is 0 Å². The zero-order valence-electron chi connectivity index (χ0n) is 11.4. The minimum atomic E-state index is 0.435. The van der Waals surface area contributed by atoms with Crippen LogP contribution in [0.15, 0.2) is 10.8 Å². The zero-order valence-corrected chi connectivity index (χ0v) is 13.8. The Balaban J connectivity index is 2.88. The van der Waals surface area contributed by atoms with Crippen molar-refractivity contribution in [3.8, 4) is 0 Å². The molecule has 0 saturated heterocycles. The molecule has 0 aliphatic carbocycles. The molecule has 1 rings (SSSR count). The number of thioether (sulfide) groups is 1. The van der Waals surface area contributed by atoms with E-state index in [0.29, 0.717) is 6.04 Å². The average molecular weight is 333 g/mol. The summed E-state index contributed by atoms with van der Waals surface area (Å²) < 4.78 is 0.939. The molecular formula is C12H21BrN4S. The van der Waals surface area contributed by atoms with Gasteiger partial charge in [0.2, 0.25) is 0 Å². The van der Waals surface area contributed by atoms with E-state index in [1.807, 2.05) is 11.8 Å². The third-order valence-electron chi connectivity index (χ3n) is 2.72. The van der Waals surface area contributed by atoms with Crippen LogP contribution >= 0.6 is 27.7 Å². The largest absolute Gasteiger partial charge is 0.369 e. The second kappa shape index (κ2) is 7.84. The van der Waals surface area contributed by atoms with E-state index >= 15 is 0 Å². The van der Waals surface area contributed by atoms with Crippen LogP contribution in [0.4, 0.5) is 11.6 Å². The fourth-order valence-corrected chi connectivity index (χ4v) is 2.87. The molecule has 1 atom stereocenters. The highest BCUT2D eigenvalue weighted by molar-refractivity contribution is 9.10. The zero-order chi connectivity index (χ0) is 13.5. The summed E-state index contributed by atoms with van der Waals surface area (Å²) >= 11 is 5.44. The average Bonchev–Trinajstić information content (AvgIpc) is 2.37. The lowest BCUT2D eigenvalue weighted by Gasteiger charge is -2.26. The number of hydrogen-bond acceptors (Lipinski definition) is 5. The van der Waals surface area contributed by atoms with Gasteiger partial charge in [0.15, 0.2) is 0 Å². The lowest BCUT2D eigenvalue weighted by molar-refractivity contribution is 0.749. The van der Waals surface area contributed by atoms with E-state index in [1.165, 1.54) is 0 Å². The molecule has 0 radical (unpaired) electrons. The van der Waals surface area contributed by atoms with Gasteiger partial charge in [-0.25, -0.2) is 9.97 Å². The van der Waals surface area contributed by atoms with Crippen LogP contribution in [-0.2, 0) is 0 Å². The molecule has 0 aliphatic rings. The Hall–Kier alpha value is -0.490. The number of halogens is 1. The molecule has 0 aromatic carbocycles. The van der Waals surface area contributed by atoms with Gasteiger partial charge in [-0.05, 0) is 35.5 Å². The molecule has 1 N–H and O–H groups in total. The minimum Gasteiger partial charge on any atom is -0.369 e. The van der Waals surface area contributed by atoms with Crippen LogP contribution in [0, 0.1) is 0 Å². The van der Waals surface area contributed by atoms with Crippen molar-refractivity contribution >= 4 is 39.3 Å². The maximum atomic E-state index is 4.37. The lowest BCUT2D eigenvalue weighted by atomic mass is 10.3. The summed E-state index contributed by atoms with van der Waals surface area (Å²) in [5, 5.41) is 3.30. The molecule has 4 nitrogen and oxygen atoms in total. The molecule has 1 heterocycles. The molecule has 0 saturated carbocycles. The summed E-state index contributed by atoms with van der Waals surface area (Å²) in [5.41, 5.74) is 0. The third-order valence-corrected chi connectivity index (χ3v) is 4.26. The van der Waals surface area contributed by atoms with Crippen molar-refractivity contribution in [2.75, 3.05) is 35.8 Å². The maximum absolute atomic E-state index is 4.37. The van der Waals surface area contributed by atoms with Gasteiger partial charge >= 0.3 is 0 Å². The molecular weight excluding hydrogens is 312 g/mol. The molecule has 6 heteroatoms. The molecule has 0 amide bonds. The van der Waals surface area contributed by atoms with Crippen molar-refractivity contribution in [1.82, 2.24) is 9.97 Å². The molecule has 1 unspecified atom stereocenters. The highest BCUT2D eigenvalue weighted by Gasteiger charge is 2.16. The molecule has 0 fully saturated rings. The SMILES string of the molecule is CCCNc1ncnc(N(C)C(C)CSC)c1Br. The van der Waals surface area contributed by atoms with Gasteiger partial charge in [-0.1, -0.05) is 6.92 Å². The van der Waals surface area contributed by atoms with Crippen LogP contribution in [0.3, 0.4) is 0 Å². The van der Waals surface area contributed by atoms with Crippen LogP contribution in [-0.4, -0.2) is 41.6 Å². The molecule has 1 aromatic rings. The molecule has 0 spiro atoms. The van der Waals surface area contributed by atoms with Gasteiger partial charge in [0.05, 0.1) is 0 Å². The number of anilines is 2. The first kappa shape index (κ1) is 15.6. The van der Waals surface area contributed by atoms with Gasteiger partial charge in [-0.3, -0.25) is 0 Å². The van der Waals surface area contributed by atoms with Crippen molar-refractivity contribution < 1.29 is 0 Å². The van der Waals surface area contributed by atoms with Gasteiger partial charge in [0.25, 0.3) is 0 Å². The van der Waals surface area contributed by atoms with Gasteiger partial charge in [0.1, 0.15) is 22.4 Å². The molecule has 102 valence electrons. The van der Waals surface area contributed by atoms with Gasteiger partial charge in [-0.2, -0.15) is 11.8 Å². The van der Waals surface area contributed by atoms with Crippen molar-refractivity contribution in [3.63, 3.8) is 0 Å². The van der Waals surface area contributed by atoms with E-state index < -0.39 is 0 Å². The fraction of sp³-hybridized carbons (Fsp3) is 0.667. The number of rotatable bonds is 7. The minimum absolute atomic E-state index is 0.435. The summed E-state index contributed by atoms with van der Waals surface area (Å²) in [7, 11) is 2.07. The Kier molecular flexibility index (Phi) is 6.78. The number of nitrogens with one attached hydrogen (secondary N) is 1. The third kappa shape index (κ3) is 4.02. The van der Waals surface area contributed by atoms with E-state index in [9.17, 15) is 0 Å². The van der Waals surface area contributed by atoms with Gasteiger partial charge < -0.3 is 10.2 Å². The smallest absolute Gasteiger partial charge is 0.148 e. The first-order chi connectivity index (χ1) is 8.61. The molecule has 1 aromatic heterocycles. The summed E-state index contributed by atoms with van der Waals surface area (Å²) in [5.74, 6) is 2.88. The highest BCUT2D eigenvalue weighted by Crippen LogP contribution is 2.30. The number of nitrogens with zero attached hydrogens (tertiary/aromatic N) is 3. The van der Waals surface area contributed by atoms with E-state index in [1.54, 1.807) is 6.33 Å². The van der Waals surface area contributed by atoms with Crippen LogP contribution in [0.2, 0.25) is 0 Å². The topological polar surface area (TPSA) is 41.1 Å². The molecule has 18 heavy (non-hydrogen) atoms. The Morgan fingerprint density at radius 1 is 1.50 bits per heavy atom. The summed E-state index contributed by atoms with van der Waals surface area (Å²) in [6, 6.07) is 0.435. The first-order valence-electron chi connectivity index (χ1n) is 6.07. The Morgan fingerprint density at radius 2 is 2.22 bits per heavy atom. The predicted molar refractivity (Wildman–Crippen MR) is 84.8 cm³/mol. The van der Waals surface area contributed by atoms with Gasteiger partial charge in [0, 0.05) is 25.4 Å². The van der Waals surface area contributed by atoms with Crippen LogP contribution in [0.1, 0.15) is 20.3 Å². The van der Waals surface area contributed by atoms with E-state index in [0.717, 1.165) is 34.8 Å². The van der Waals surface area contributed by atoms with Crippen LogP contribution < -0.4 is 10.2 Å². The Morgan fingerprint density at radius 3 is 2.83 bits per heavy atom. The summed E-state index contributed by atoms with van der Waals surface area (Å²) in [6.07, 6.45) is 4.80. The standard InChI is InChI=1S/C12H21BrN4S/c1-5-6-14-11-10(13)12(16-8-15-11)17(3)9(2)7-18-4/h8-9H,5-7H2,1-4H3,(H,14,15,16). The first-order valence-corrected chi connectivity index (χ1v) is 8.26. The van der Waals surface area contributed by atoms with Crippen LogP contribution in [0.25, 0.3) is 0 Å². The van der Waals surface area contributed by atoms with Crippen molar-refractivity contribution in [2.45, 2.75) is 26.3 Å². The van der Waals surface area contributed by atoms with Crippen LogP contribution in [0.5, 0.6) is 0 Å². The normalized spacial score (nSPS) is 12.3.